The zero-order valence-corrected chi connectivity index (χ0v) is 11.4. The van der Waals surface area contributed by atoms with Crippen LogP contribution in [0.15, 0.2) is 41.1 Å². The fraction of sp³-hybridized carbons (Fsp3) is 0.333. The van der Waals surface area contributed by atoms with Crippen molar-refractivity contribution in [3.8, 4) is 0 Å². The van der Waals surface area contributed by atoms with Gasteiger partial charge in [-0.2, -0.15) is 11.3 Å². The van der Waals surface area contributed by atoms with E-state index in [4.69, 9.17) is 0 Å². The van der Waals surface area contributed by atoms with Crippen LogP contribution in [0.3, 0.4) is 0 Å². The average molecular weight is 258 g/mol. The van der Waals surface area contributed by atoms with Gasteiger partial charge in [0.25, 0.3) is 0 Å². The minimum atomic E-state index is 0.547. The van der Waals surface area contributed by atoms with E-state index in [9.17, 15) is 0 Å². The Morgan fingerprint density at radius 2 is 2.22 bits per heavy atom. The largest absolute Gasteiger partial charge is 0.380 e. The maximum absolute atomic E-state index is 3.61. The summed E-state index contributed by atoms with van der Waals surface area (Å²) in [6, 6.07) is 11.4. The molecule has 3 rings (SSSR count). The second-order valence-corrected chi connectivity index (χ2v) is 5.81. The number of rotatable bonds is 4. The molecule has 0 fully saturated rings. The number of nitrogens with one attached hydrogen (secondary N) is 1. The highest BCUT2D eigenvalue weighted by Gasteiger charge is 2.20. The van der Waals surface area contributed by atoms with Crippen molar-refractivity contribution in [2.45, 2.75) is 19.0 Å². The Morgan fingerprint density at radius 3 is 3.00 bits per heavy atom. The fourth-order valence-electron chi connectivity index (χ4n) is 2.62. The minimum Gasteiger partial charge on any atom is -0.380 e. The molecule has 0 amide bonds. The van der Waals surface area contributed by atoms with E-state index in [0.717, 1.165) is 19.5 Å². The molecule has 1 N–H and O–H groups in total. The molecule has 1 aliphatic heterocycles. The van der Waals surface area contributed by atoms with Gasteiger partial charge in [-0.1, -0.05) is 18.2 Å². The van der Waals surface area contributed by atoms with Gasteiger partial charge >= 0.3 is 0 Å². The van der Waals surface area contributed by atoms with Gasteiger partial charge < -0.3 is 10.2 Å². The van der Waals surface area contributed by atoms with Gasteiger partial charge in [0, 0.05) is 24.8 Å². The van der Waals surface area contributed by atoms with Gasteiger partial charge in [0.2, 0.25) is 0 Å². The van der Waals surface area contributed by atoms with E-state index in [-0.39, 0.29) is 0 Å². The number of hydrogen-bond acceptors (Lipinski definition) is 3. The van der Waals surface area contributed by atoms with Crippen LogP contribution in [-0.2, 0) is 13.0 Å². The van der Waals surface area contributed by atoms with Crippen LogP contribution in [0.1, 0.15) is 11.1 Å². The lowest BCUT2D eigenvalue weighted by Gasteiger charge is -2.21. The molecule has 0 saturated carbocycles. The van der Waals surface area contributed by atoms with Crippen LogP contribution >= 0.6 is 11.3 Å². The van der Waals surface area contributed by atoms with Crippen LogP contribution < -0.4 is 5.32 Å². The molecule has 0 bridgehead atoms. The van der Waals surface area contributed by atoms with Gasteiger partial charge in [0.05, 0.1) is 0 Å². The Labute approximate surface area is 112 Å². The fourth-order valence-corrected chi connectivity index (χ4v) is 3.28. The second-order valence-electron chi connectivity index (χ2n) is 5.03. The average Bonchev–Trinajstić information content (AvgIpc) is 2.96. The SMILES string of the molecule is CN(Cc1ccsc1)CC1Cc2ccccc2N1. The first-order valence-corrected chi connectivity index (χ1v) is 7.29. The predicted molar refractivity (Wildman–Crippen MR) is 78.2 cm³/mol. The van der Waals surface area contributed by atoms with Gasteiger partial charge in [0.1, 0.15) is 0 Å². The summed E-state index contributed by atoms with van der Waals surface area (Å²) < 4.78 is 0. The van der Waals surface area contributed by atoms with Gasteiger partial charge in [-0.05, 0) is 47.5 Å². The molecular weight excluding hydrogens is 240 g/mol. The maximum Gasteiger partial charge on any atom is 0.0429 e. The number of anilines is 1. The normalized spacial score (nSPS) is 17.8. The zero-order chi connectivity index (χ0) is 12.4. The lowest BCUT2D eigenvalue weighted by Crippen LogP contribution is -2.32. The summed E-state index contributed by atoms with van der Waals surface area (Å²) >= 11 is 1.77. The van der Waals surface area contributed by atoms with Crippen LogP contribution in [0.4, 0.5) is 5.69 Å². The molecule has 0 aliphatic carbocycles. The molecule has 94 valence electrons. The molecule has 18 heavy (non-hydrogen) atoms. The zero-order valence-electron chi connectivity index (χ0n) is 10.6. The van der Waals surface area contributed by atoms with Crippen molar-refractivity contribution < 1.29 is 0 Å². The third-order valence-electron chi connectivity index (χ3n) is 3.41. The Kier molecular flexibility index (Phi) is 3.35. The summed E-state index contributed by atoms with van der Waals surface area (Å²) in [7, 11) is 2.20. The Balaban J connectivity index is 1.56. The Morgan fingerprint density at radius 1 is 1.33 bits per heavy atom. The van der Waals surface area contributed by atoms with Gasteiger partial charge in [-0.3, -0.25) is 0 Å². The number of para-hydroxylation sites is 1. The monoisotopic (exact) mass is 258 g/mol. The standard InChI is InChI=1S/C15H18N2S/c1-17(9-12-6-7-18-11-12)10-14-8-13-4-2-3-5-15(13)16-14/h2-7,11,14,16H,8-10H2,1H3. The van der Waals surface area contributed by atoms with Crippen molar-refractivity contribution in [3.63, 3.8) is 0 Å². The van der Waals surface area contributed by atoms with Gasteiger partial charge in [-0.25, -0.2) is 0 Å². The smallest absolute Gasteiger partial charge is 0.0429 e. The highest BCUT2D eigenvalue weighted by Crippen LogP contribution is 2.25. The third-order valence-corrected chi connectivity index (χ3v) is 4.14. The number of benzene rings is 1. The van der Waals surface area contributed by atoms with Gasteiger partial charge in [-0.15, -0.1) is 0 Å². The molecular formula is C15H18N2S. The molecule has 2 aromatic rings. The first-order chi connectivity index (χ1) is 8.81. The van der Waals surface area contributed by atoms with Crippen molar-refractivity contribution in [3.05, 3.63) is 52.2 Å². The van der Waals surface area contributed by atoms with E-state index < -0.39 is 0 Å². The van der Waals surface area contributed by atoms with E-state index in [1.165, 1.54) is 16.8 Å². The molecule has 0 saturated heterocycles. The third kappa shape index (κ3) is 2.57. The molecule has 0 spiro atoms. The molecule has 1 atom stereocenters. The minimum absolute atomic E-state index is 0.547. The van der Waals surface area contributed by atoms with Crippen LogP contribution in [-0.4, -0.2) is 24.5 Å². The molecule has 1 aromatic heterocycles. The van der Waals surface area contributed by atoms with Crippen LogP contribution in [0.25, 0.3) is 0 Å². The van der Waals surface area contributed by atoms with Gasteiger partial charge in [0.15, 0.2) is 0 Å². The van der Waals surface area contributed by atoms with E-state index >= 15 is 0 Å². The molecule has 0 radical (unpaired) electrons. The lowest BCUT2D eigenvalue weighted by atomic mass is 10.1. The number of nitrogens with zero attached hydrogens (tertiary/aromatic N) is 1. The van der Waals surface area contributed by atoms with Crippen LogP contribution in [0.2, 0.25) is 0 Å². The summed E-state index contributed by atoms with van der Waals surface area (Å²) in [6.07, 6.45) is 1.14. The van der Waals surface area contributed by atoms with Crippen molar-refractivity contribution in [2.75, 3.05) is 18.9 Å². The van der Waals surface area contributed by atoms with Crippen molar-refractivity contribution in [1.29, 1.82) is 0 Å². The topological polar surface area (TPSA) is 15.3 Å². The number of thiophene rings is 1. The van der Waals surface area contributed by atoms with E-state index in [0.29, 0.717) is 6.04 Å². The molecule has 1 aromatic carbocycles. The predicted octanol–water partition coefficient (Wildman–Crippen LogP) is 3.22. The van der Waals surface area contributed by atoms with E-state index in [1.54, 1.807) is 11.3 Å². The molecule has 2 heterocycles. The van der Waals surface area contributed by atoms with Crippen molar-refractivity contribution in [1.82, 2.24) is 4.90 Å². The molecule has 1 aliphatic rings. The quantitative estimate of drug-likeness (QED) is 0.906. The number of likely N-dealkylation sites (N-methyl/N-ethyl adjacent to an activating group) is 1. The second kappa shape index (κ2) is 5.12. The highest BCUT2D eigenvalue weighted by molar-refractivity contribution is 7.07. The summed E-state index contributed by atoms with van der Waals surface area (Å²) in [5, 5.41) is 7.98. The summed E-state index contributed by atoms with van der Waals surface area (Å²) in [5.41, 5.74) is 4.18. The maximum atomic E-state index is 3.61. The molecule has 2 nitrogen and oxygen atoms in total. The summed E-state index contributed by atoms with van der Waals surface area (Å²) in [6.45, 7) is 2.13. The Bertz CT molecular complexity index is 482. The van der Waals surface area contributed by atoms with Crippen molar-refractivity contribution in [2.24, 2.45) is 0 Å². The number of hydrogen-bond donors (Lipinski definition) is 1. The number of fused-ring (bicyclic) bond motifs is 1. The lowest BCUT2D eigenvalue weighted by molar-refractivity contribution is 0.313. The Hall–Kier alpha value is -1.32. The van der Waals surface area contributed by atoms with Crippen LogP contribution in [0, 0.1) is 0 Å². The first-order valence-electron chi connectivity index (χ1n) is 6.35. The molecule has 3 heteroatoms. The summed E-state index contributed by atoms with van der Waals surface area (Å²) in [4.78, 5) is 2.39. The highest BCUT2D eigenvalue weighted by atomic mass is 32.1. The first kappa shape index (κ1) is 11.8. The van der Waals surface area contributed by atoms with E-state index in [1.807, 2.05) is 0 Å². The van der Waals surface area contributed by atoms with Crippen LogP contribution in [0.5, 0.6) is 0 Å². The molecule has 1 unspecified atom stereocenters. The summed E-state index contributed by atoms with van der Waals surface area (Å²) in [5.74, 6) is 0. The van der Waals surface area contributed by atoms with Crippen molar-refractivity contribution >= 4 is 17.0 Å². The van der Waals surface area contributed by atoms with E-state index in [2.05, 4.69) is 58.4 Å².